The van der Waals surface area contributed by atoms with E-state index < -0.39 is 0 Å². The maximum atomic E-state index is 6.04. The fourth-order valence-corrected chi connectivity index (χ4v) is 4.06. The van der Waals surface area contributed by atoms with Gasteiger partial charge in [-0.2, -0.15) is 0 Å². The summed E-state index contributed by atoms with van der Waals surface area (Å²) in [6, 6.07) is 9.35. The largest absolute Gasteiger partial charge is 0.294 e. The van der Waals surface area contributed by atoms with E-state index in [1.54, 1.807) is 0 Å². The van der Waals surface area contributed by atoms with Gasteiger partial charge in [-0.3, -0.25) is 4.90 Å². The predicted octanol–water partition coefficient (Wildman–Crippen LogP) is 5.41. The van der Waals surface area contributed by atoms with Gasteiger partial charge in [0.05, 0.1) is 0 Å². The van der Waals surface area contributed by atoms with Crippen LogP contribution in [0.15, 0.2) is 24.3 Å². The summed E-state index contributed by atoms with van der Waals surface area (Å²) in [6.07, 6.45) is 11.0. The highest BCUT2D eigenvalue weighted by Gasteiger charge is 2.44. The Labute approximate surface area is 134 Å². The van der Waals surface area contributed by atoms with E-state index in [4.69, 9.17) is 11.6 Å². The van der Waals surface area contributed by atoms with Crippen molar-refractivity contribution in [2.24, 2.45) is 0 Å². The first-order valence-electron chi connectivity index (χ1n) is 7.71. The SMILES string of the molecule is CN(C1CCCCC1)C1(c2ccc(Cl)cc2)CCC1.Cl. The Morgan fingerprint density at radius 1 is 1.00 bits per heavy atom. The monoisotopic (exact) mass is 313 g/mol. The molecule has 20 heavy (non-hydrogen) atoms. The van der Waals surface area contributed by atoms with E-state index in [1.165, 1.54) is 56.9 Å². The third-order valence-electron chi connectivity index (χ3n) is 5.36. The van der Waals surface area contributed by atoms with Crippen LogP contribution in [0.5, 0.6) is 0 Å². The van der Waals surface area contributed by atoms with Crippen molar-refractivity contribution in [1.82, 2.24) is 4.90 Å². The molecule has 0 atom stereocenters. The normalized spacial score (nSPS) is 22.1. The van der Waals surface area contributed by atoms with E-state index in [1.807, 2.05) is 12.1 Å². The van der Waals surface area contributed by atoms with Crippen molar-refractivity contribution in [3.63, 3.8) is 0 Å². The summed E-state index contributed by atoms with van der Waals surface area (Å²) in [6.45, 7) is 0. The van der Waals surface area contributed by atoms with Crippen LogP contribution in [0.2, 0.25) is 5.02 Å². The highest BCUT2D eigenvalue weighted by molar-refractivity contribution is 6.30. The minimum atomic E-state index is 0. The van der Waals surface area contributed by atoms with Crippen LogP contribution < -0.4 is 0 Å². The number of rotatable bonds is 3. The van der Waals surface area contributed by atoms with E-state index in [-0.39, 0.29) is 12.4 Å². The van der Waals surface area contributed by atoms with Crippen molar-refractivity contribution in [2.45, 2.75) is 62.9 Å². The second-order valence-electron chi connectivity index (χ2n) is 6.29. The molecule has 112 valence electrons. The molecule has 0 unspecified atom stereocenters. The first-order valence-corrected chi connectivity index (χ1v) is 8.09. The molecular formula is C17H25Cl2N. The molecule has 2 saturated carbocycles. The van der Waals surface area contributed by atoms with Crippen LogP contribution >= 0.6 is 24.0 Å². The first-order chi connectivity index (χ1) is 9.22. The van der Waals surface area contributed by atoms with E-state index in [2.05, 4.69) is 24.1 Å². The minimum absolute atomic E-state index is 0. The molecule has 0 heterocycles. The summed E-state index contributed by atoms with van der Waals surface area (Å²) in [7, 11) is 2.35. The second-order valence-corrected chi connectivity index (χ2v) is 6.73. The lowest BCUT2D eigenvalue weighted by atomic mass is 9.69. The molecule has 1 nitrogen and oxygen atoms in total. The van der Waals surface area contributed by atoms with Crippen molar-refractivity contribution in [3.05, 3.63) is 34.9 Å². The Balaban J connectivity index is 0.00000147. The van der Waals surface area contributed by atoms with E-state index >= 15 is 0 Å². The third kappa shape index (κ3) is 2.86. The highest BCUT2D eigenvalue weighted by Crippen LogP contribution is 2.48. The lowest BCUT2D eigenvalue weighted by Gasteiger charge is -2.53. The number of halogens is 2. The fraction of sp³-hybridized carbons (Fsp3) is 0.647. The predicted molar refractivity (Wildman–Crippen MR) is 88.9 cm³/mol. The van der Waals surface area contributed by atoms with Crippen LogP contribution in [0.3, 0.4) is 0 Å². The summed E-state index contributed by atoms with van der Waals surface area (Å²) < 4.78 is 0. The lowest BCUT2D eigenvalue weighted by molar-refractivity contribution is -0.0115. The maximum Gasteiger partial charge on any atom is 0.0460 e. The molecule has 2 fully saturated rings. The summed E-state index contributed by atoms with van der Waals surface area (Å²) in [5.74, 6) is 0. The summed E-state index contributed by atoms with van der Waals surface area (Å²) in [5.41, 5.74) is 1.77. The van der Waals surface area contributed by atoms with Gasteiger partial charge in [0.25, 0.3) is 0 Å². The van der Waals surface area contributed by atoms with E-state index in [0.29, 0.717) is 5.54 Å². The Morgan fingerprint density at radius 2 is 1.60 bits per heavy atom. The van der Waals surface area contributed by atoms with Gasteiger partial charge in [-0.1, -0.05) is 43.0 Å². The first kappa shape index (κ1) is 16.1. The van der Waals surface area contributed by atoms with Crippen LogP contribution in [-0.2, 0) is 5.54 Å². The molecule has 0 aromatic heterocycles. The molecule has 2 aliphatic carbocycles. The zero-order valence-corrected chi connectivity index (χ0v) is 13.8. The van der Waals surface area contributed by atoms with Gasteiger partial charge in [-0.25, -0.2) is 0 Å². The minimum Gasteiger partial charge on any atom is -0.294 e. The van der Waals surface area contributed by atoms with E-state index in [9.17, 15) is 0 Å². The molecule has 0 N–H and O–H groups in total. The topological polar surface area (TPSA) is 3.24 Å². The molecule has 2 aliphatic rings. The van der Waals surface area contributed by atoms with Crippen molar-refractivity contribution < 1.29 is 0 Å². The molecule has 0 saturated heterocycles. The van der Waals surface area contributed by atoms with Crippen LogP contribution in [-0.4, -0.2) is 18.0 Å². The quantitative estimate of drug-likeness (QED) is 0.721. The average molecular weight is 314 g/mol. The zero-order chi connectivity index (χ0) is 13.3. The molecular weight excluding hydrogens is 289 g/mol. The van der Waals surface area contributed by atoms with Crippen LogP contribution in [0, 0.1) is 0 Å². The maximum absolute atomic E-state index is 6.04. The van der Waals surface area contributed by atoms with Crippen molar-refractivity contribution >= 4 is 24.0 Å². The van der Waals surface area contributed by atoms with Gasteiger partial charge in [-0.05, 0) is 56.8 Å². The summed E-state index contributed by atoms with van der Waals surface area (Å²) in [4.78, 5) is 2.69. The Bertz CT molecular complexity index is 419. The van der Waals surface area contributed by atoms with Gasteiger partial charge < -0.3 is 0 Å². The standard InChI is InChI=1S/C17H24ClN.ClH/c1-19(16-6-3-2-4-7-16)17(12-5-13-17)14-8-10-15(18)11-9-14;/h8-11,16H,2-7,12-13H2,1H3;1H. The van der Waals surface area contributed by atoms with Crippen LogP contribution in [0.25, 0.3) is 0 Å². The molecule has 1 aromatic rings. The molecule has 1 aromatic carbocycles. The fourth-order valence-electron chi connectivity index (χ4n) is 3.93. The van der Waals surface area contributed by atoms with Crippen LogP contribution in [0.4, 0.5) is 0 Å². The van der Waals surface area contributed by atoms with Gasteiger partial charge in [0, 0.05) is 16.6 Å². The molecule has 0 amide bonds. The van der Waals surface area contributed by atoms with E-state index in [0.717, 1.165) is 11.1 Å². The Morgan fingerprint density at radius 3 is 2.10 bits per heavy atom. The molecule has 3 heteroatoms. The van der Waals surface area contributed by atoms with Gasteiger partial charge >= 0.3 is 0 Å². The molecule has 0 radical (unpaired) electrons. The lowest BCUT2D eigenvalue weighted by Crippen LogP contribution is -2.53. The highest BCUT2D eigenvalue weighted by atomic mass is 35.5. The van der Waals surface area contributed by atoms with Gasteiger partial charge in [0.1, 0.15) is 0 Å². The van der Waals surface area contributed by atoms with Crippen molar-refractivity contribution in [1.29, 1.82) is 0 Å². The van der Waals surface area contributed by atoms with Crippen LogP contribution in [0.1, 0.15) is 56.9 Å². The third-order valence-corrected chi connectivity index (χ3v) is 5.61. The zero-order valence-electron chi connectivity index (χ0n) is 12.3. The summed E-state index contributed by atoms with van der Waals surface area (Å²) in [5, 5.41) is 0.846. The Hall–Kier alpha value is -0.240. The van der Waals surface area contributed by atoms with Crippen molar-refractivity contribution in [2.75, 3.05) is 7.05 Å². The number of benzene rings is 1. The average Bonchev–Trinajstić information content (AvgIpc) is 2.40. The van der Waals surface area contributed by atoms with Gasteiger partial charge in [0.2, 0.25) is 0 Å². The molecule has 0 bridgehead atoms. The number of hydrogen-bond donors (Lipinski definition) is 0. The summed E-state index contributed by atoms with van der Waals surface area (Å²) >= 11 is 6.04. The molecule has 0 spiro atoms. The smallest absolute Gasteiger partial charge is 0.0460 e. The number of nitrogens with zero attached hydrogens (tertiary/aromatic N) is 1. The number of hydrogen-bond acceptors (Lipinski definition) is 1. The molecule has 3 rings (SSSR count). The van der Waals surface area contributed by atoms with Gasteiger partial charge in [-0.15, -0.1) is 12.4 Å². The van der Waals surface area contributed by atoms with Gasteiger partial charge in [0.15, 0.2) is 0 Å². The van der Waals surface area contributed by atoms with Crippen molar-refractivity contribution in [3.8, 4) is 0 Å². The molecule has 0 aliphatic heterocycles. The Kier molecular flexibility index (Phi) is 5.39. The second kappa shape index (κ2) is 6.68.